The maximum absolute atomic E-state index is 5.73. The Labute approximate surface area is 135 Å². The molecule has 0 aliphatic heterocycles. The molecular weight excluding hydrogens is 312 g/mol. The van der Waals surface area contributed by atoms with E-state index in [2.05, 4.69) is 18.7 Å². The van der Waals surface area contributed by atoms with Gasteiger partial charge in [-0.25, -0.2) is 9.97 Å². The molecule has 0 spiro atoms. The first-order valence-electron chi connectivity index (χ1n) is 6.82. The first-order chi connectivity index (χ1) is 10.8. The van der Waals surface area contributed by atoms with Crippen LogP contribution < -0.4 is 0 Å². The quantitative estimate of drug-likeness (QED) is 0.487. The third kappa shape index (κ3) is 2.28. The van der Waals surface area contributed by atoms with Crippen LogP contribution >= 0.6 is 22.7 Å². The number of benzene rings is 2. The molecule has 0 unspecified atom stereocenters. The van der Waals surface area contributed by atoms with Crippen molar-refractivity contribution >= 4 is 43.1 Å². The highest BCUT2D eigenvalue weighted by molar-refractivity contribution is 7.20. The number of ether oxygens (including phenoxy) is 1. The van der Waals surface area contributed by atoms with Crippen LogP contribution in [0.1, 0.15) is 16.1 Å². The van der Waals surface area contributed by atoms with Crippen LogP contribution in [0.3, 0.4) is 0 Å². The second kappa shape index (κ2) is 5.51. The van der Waals surface area contributed by atoms with E-state index in [-0.39, 0.29) is 6.10 Å². The molecule has 0 saturated carbocycles. The Morgan fingerprint density at radius 1 is 0.864 bits per heavy atom. The van der Waals surface area contributed by atoms with Crippen LogP contribution in [0, 0.1) is 0 Å². The van der Waals surface area contributed by atoms with Gasteiger partial charge in [0.2, 0.25) is 6.10 Å². The molecule has 3 nitrogen and oxygen atoms in total. The molecule has 0 saturated heterocycles. The zero-order valence-electron chi connectivity index (χ0n) is 11.6. The lowest BCUT2D eigenvalue weighted by Crippen LogP contribution is -2.01. The topological polar surface area (TPSA) is 35.0 Å². The average Bonchev–Trinajstić information content (AvgIpc) is 3.15. The number of fused-ring (bicyclic) bond motifs is 2. The molecule has 22 heavy (non-hydrogen) atoms. The van der Waals surface area contributed by atoms with Crippen molar-refractivity contribution in [2.45, 2.75) is 6.10 Å². The third-order valence-corrected chi connectivity index (χ3v) is 5.46. The van der Waals surface area contributed by atoms with Gasteiger partial charge in [-0.2, -0.15) is 0 Å². The van der Waals surface area contributed by atoms with Gasteiger partial charge in [-0.3, -0.25) is 0 Å². The maximum Gasteiger partial charge on any atom is 0.200 e. The Kier molecular flexibility index (Phi) is 3.36. The number of rotatable bonds is 4. The first kappa shape index (κ1) is 13.4. The van der Waals surface area contributed by atoms with Crippen LogP contribution in [0.5, 0.6) is 0 Å². The first-order valence-corrected chi connectivity index (χ1v) is 8.46. The summed E-state index contributed by atoms with van der Waals surface area (Å²) in [5.74, 6) is 0. The number of nitrogens with zero attached hydrogens (tertiary/aromatic N) is 2. The molecule has 0 aliphatic carbocycles. The van der Waals surface area contributed by atoms with Crippen molar-refractivity contribution in [1.29, 1.82) is 0 Å². The third-order valence-electron chi connectivity index (χ3n) is 3.30. The molecule has 0 fully saturated rings. The second-order valence-corrected chi connectivity index (χ2v) is 6.85. The van der Waals surface area contributed by atoms with Gasteiger partial charge in [0.15, 0.2) is 0 Å². The predicted octanol–water partition coefficient (Wildman–Crippen LogP) is 5.16. The van der Waals surface area contributed by atoms with Crippen LogP contribution in [0.15, 0.2) is 61.4 Å². The summed E-state index contributed by atoms with van der Waals surface area (Å²) in [7, 11) is 0. The molecule has 2 heterocycles. The Bertz CT molecular complexity index is 817. The standard InChI is InChI=1S/C17H12N2OS2/c1-2-20-15(16-18-11-7-3-5-9-13(11)21-16)17-19-12-8-4-6-10-14(12)22-17/h2-10,15H,1H2. The van der Waals surface area contributed by atoms with Crippen LogP contribution in [0.25, 0.3) is 20.4 Å². The largest absolute Gasteiger partial charge is 0.484 e. The Hall–Kier alpha value is -2.24. The summed E-state index contributed by atoms with van der Waals surface area (Å²) in [6.45, 7) is 3.69. The zero-order valence-corrected chi connectivity index (χ0v) is 13.2. The molecule has 0 atom stereocenters. The van der Waals surface area contributed by atoms with Gasteiger partial charge in [-0.15, -0.1) is 22.7 Å². The lowest BCUT2D eigenvalue weighted by molar-refractivity contribution is 0.183. The second-order valence-electron chi connectivity index (χ2n) is 4.72. The normalized spacial score (nSPS) is 11.3. The fourth-order valence-corrected chi connectivity index (χ4v) is 4.41. The van der Waals surface area contributed by atoms with Gasteiger partial charge in [0.05, 0.1) is 26.7 Å². The zero-order chi connectivity index (χ0) is 14.9. The van der Waals surface area contributed by atoms with Crippen molar-refractivity contribution in [3.63, 3.8) is 0 Å². The van der Waals surface area contributed by atoms with Crippen molar-refractivity contribution in [3.05, 3.63) is 71.4 Å². The number of hydrogen-bond donors (Lipinski definition) is 0. The molecule has 0 amide bonds. The van der Waals surface area contributed by atoms with Crippen molar-refractivity contribution in [3.8, 4) is 0 Å². The van der Waals surface area contributed by atoms with Crippen molar-refractivity contribution < 1.29 is 4.74 Å². The van der Waals surface area contributed by atoms with E-state index in [1.54, 1.807) is 22.7 Å². The summed E-state index contributed by atoms with van der Waals surface area (Å²) in [6, 6.07) is 16.2. The van der Waals surface area contributed by atoms with E-state index >= 15 is 0 Å². The highest BCUT2D eigenvalue weighted by Crippen LogP contribution is 2.36. The van der Waals surface area contributed by atoms with Crippen molar-refractivity contribution in [1.82, 2.24) is 9.97 Å². The molecule has 0 radical (unpaired) electrons. The summed E-state index contributed by atoms with van der Waals surface area (Å²) < 4.78 is 8.03. The van der Waals surface area contributed by atoms with Crippen LogP contribution in [0.2, 0.25) is 0 Å². The van der Waals surface area contributed by atoms with Gasteiger partial charge in [0, 0.05) is 0 Å². The molecule has 2 aromatic heterocycles. The number of hydrogen-bond acceptors (Lipinski definition) is 5. The molecule has 0 aliphatic rings. The number of para-hydroxylation sites is 2. The smallest absolute Gasteiger partial charge is 0.200 e. The van der Waals surface area contributed by atoms with Gasteiger partial charge in [-0.05, 0) is 24.3 Å². The van der Waals surface area contributed by atoms with Crippen molar-refractivity contribution in [2.75, 3.05) is 0 Å². The molecular formula is C17H12N2OS2. The van der Waals surface area contributed by atoms with E-state index in [0.717, 1.165) is 30.4 Å². The fraction of sp³-hybridized carbons (Fsp3) is 0.0588. The minimum atomic E-state index is -0.299. The summed E-state index contributed by atoms with van der Waals surface area (Å²) in [5.41, 5.74) is 1.97. The molecule has 4 rings (SSSR count). The van der Waals surface area contributed by atoms with Crippen molar-refractivity contribution in [2.24, 2.45) is 0 Å². The van der Waals surface area contributed by atoms with E-state index in [1.165, 1.54) is 6.26 Å². The molecule has 2 aromatic carbocycles. The summed E-state index contributed by atoms with van der Waals surface area (Å²) in [4.78, 5) is 9.38. The van der Waals surface area contributed by atoms with E-state index < -0.39 is 0 Å². The summed E-state index contributed by atoms with van der Waals surface area (Å²) >= 11 is 3.27. The van der Waals surface area contributed by atoms with E-state index in [0.29, 0.717) is 0 Å². The SMILES string of the molecule is C=COC(c1nc2ccccc2s1)c1nc2ccccc2s1. The Morgan fingerprint density at radius 2 is 1.36 bits per heavy atom. The van der Waals surface area contributed by atoms with Crippen LogP contribution in [-0.2, 0) is 4.74 Å². The molecule has 108 valence electrons. The van der Waals surface area contributed by atoms with E-state index in [1.807, 2.05) is 36.4 Å². The lowest BCUT2D eigenvalue weighted by Gasteiger charge is -2.10. The maximum atomic E-state index is 5.73. The molecule has 0 bridgehead atoms. The van der Waals surface area contributed by atoms with Crippen LogP contribution in [-0.4, -0.2) is 9.97 Å². The fourth-order valence-electron chi connectivity index (χ4n) is 2.32. The monoisotopic (exact) mass is 324 g/mol. The molecule has 5 heteroatoms. The minimum Gasteiger partial charge on any atom is -0.484 e. The summed E-state index contributed by atoms with van der Waals surface area (Å²) in [5, 5.41) is 1.81. The average molecular weight is 324 g/mol. The summed E-state index contributed by atoms with van der Waals surface area (Å²) in [6.07, 6.45) is 1.16. The number of thiazole rings is 2. The van der Waals surface area contributed by atoms with Gasteiger partial charge in [-0.1, -0.05) is 30.8 Å². The Morgan fingerprint density at radius 3 is 1.82 bits per heavy atom. The minimum absolute atomic E-state index is 0.299. The highest BCUT2D eigenvalue weighted by Gasteiger charge is 2.23. The predicted molar refractivity (Wildman–Crippen MR) is 92.4 cm³/mol. The van der Waals surface area contributed by atoms with Gasteiger partial charge in [0.1, 0.15) is 10.0 Å². The lowest BCUT2D eigenvalue weighted by atomic mass is 10.3. The molecule has 0 N–H and O–H groups in total. The number of aromatic nitrogens is 2. The van der Waals surface area contributed by atoms with Crippen LogP contribution in [0.4, 0.5) is 0 Å². The van der Waals surface area contributed by atoms with Gasteiger partial charge < -0.3 is 4.74 Å². The Balaban J connectivity index is 1.83. The highest BCUT2D eigenvalue weighted by atomic mass is 32.1. The molecule has 4 aromatic rings. The van der Waals surface area contributed by atoms with Gasteiger partial charge in [0.25, 0.3) is 0 Å². The van der Waals surface area contributed by atoms with E-state index in [9.17, 15) is 0 Å². The van der Waals surface area contributed by atoms with E-state index in [4.69, 9.17) is 14.7 Å². The van der Waals surface area contributed by atoms with Gasteiger partial charge >= 0.3 is 0 Å².